The molecule has 0 radical (unpaired) electrons. The number of piperidine rings is 1. The summed E-state index contributed by atoms with van der Waals surface area (Å²) < 4.78 is 5.79. The summed E-state index contributed by atoms with van der Waals surface area (Å²) in [6.45, 7) is 10.8. The smallest absolute Gasteiger partial charge is 0.191 e. The molecule has 1 unspecified atom stereocenters. The van der Waals surface area contributed by atoms with Crippen LogP contribution in [-0.4, -0.2) is 62.8 Å². The average Bonchev–Trinajstić information content (AvgIpc) is 2.92. The van der Waals surface area contributed by atoms with Crippen molar-refractivity contribution in [2.75, 3.05) is 46.4 Å². The normalized spacial score (nSPS) is 27.5. The van der Waals surface area contributed by atoms with Gasteiger partial charge in [0.25, 0.3) is 0 Å². The molecule has 2 heterocycles. The molecule has 2 fully saturated rings. The monoisotopic (exact) mass is 424 g/mol. The number of hydrogen-bond donors (Lipinski definition) is 2. The van der Waals surface area contributed by atoms with E-state index in [1.807, 2.05) is 7.05 Å². The summed E-state index contributed by atoms with van der Waals surface area (Å²) in [5.74, 6) is 1.79. The molecule has 0 amide bonds. The van der Waals surface area contributed by atoms with E-state index in [2.05, 4.69) is 34.4 Å². The largest absolute Gasteiger partial charge is 0.373 e. The summed E-state index contributed by atoms with van der Waals surface area (Å²) in [7, 11) is 1.83. The van der Waals surface area contributed by atoms with E-state index in [0.717, 1.165) is 51.0 Å². The van der Waals surface area contributed by atoms with Crippen LogP contribution in [0.5, 0.6) is 0 Å². The van der Waals surface area contributed by atoms with E-state index in [9.17, 15) is 0 Å². The Bertz CT molecular complexity index is 337. The number of hydrogen-bond acceptors (Lipinski definition) is 3. The molecule has 130 valence electrons. The molecule has 2 saturated heterocycles. The molecule has 2 rings (SSSR count). The Balaban J connectivity index is 0.00000242. The number of ether oxygens (including phenoxy) is 1. The first-order valence-corrected chi connectivity index (χ1v) is 8.42. The number of nitrogens with zero attached hydrogens (tertiary/aromatic N) is 2. The van der Waals surface area contributed by atoms with Crippen LogP contribution in [0.15, 0.2) is 4.99 Å². The lowest BCUT2D eigenvalue weighted by Crippen LogP contribution is -2.47. The highest BCUT2D eigenvalue weighted by molar-refractivity contribution is 14.0. The van der Waals surface area contributed by atoms with Crippen LogP contribution in [0.4, 0.5) is 0 Å². The van der Waals surface area contributed by atoms with Gasteiger partial charge in [-0.3, -0.25) is 4.99 Å². The maximum absolute atomic E-state index is 5.79. The Labute approximate surface area is 152 Å². The van der Waals surface area contributed by atoms with Crippen molar-refractivity contribution in [1.82, 2.24) is 15.5 Å². The predicted molar refractivity (Wildman–Crippen MR) is 103 cm³/mol. The Morgan fingerprint density at radius 1 is 1.32 bits per heavy atom. The SMILES string of the molecule is CN=C(NCCN1CCC(C)CC1)NCC1(C)CCCO1.I. The molecule has 0 bridgehead atoms. The predicted octanol–water partition coefficient (Wildman–Crippen LogP) is 2.07. The minimum atomic E-state index is -0.0272. The third-order valence-electron chi connectivity index (χ3n) is 4.75. The van der Waals surface area contributed by atoms with Crippen molar-refractivity contribution in [2.45, 2.75) is 45.1 Å². The molecular formula is C16H33IN4O. The second-order valence-corrected chi connectivity index (χ2v) is 6.78. The molecule has 0 spiro atoms. The topological polar surface area (TPSA) is 48.9 Å². The van der Waals surface area contributed by atoms with Crippen molar-refractivity contribution in [3.05, 3.63) is 0 Å². The van der Waals surface area contributed by atoms with E-state index in [0.29, 0.717) is 0 Å². The fourth-order valence-corrected chi connectivity index (χ4v) is 3.09. The highest BCUT2D eigenvalue weighted by Crippen LogP contribution is 2.23. The van der Waals surface area contributed by atoms with Gasteiger partial charge in [-0.2, -0.15) is 0 Å². The molecule has 6 heteroatoms. The van der Waals surface area contributed by atoms with E-state index in [1.165, 1.54) is 25.9 Å². The first-order chi connectivity index (χ1) is 10.1. The van der Waals surface area contributed by atoms with Crippen molar-refractivity contribution in [3.8, 4) is 0 Å². The van der Waals surface area contributed by atoms with Crippen molar-refractivity contribution in [2.24, 2.45) is 10.9 Å². The van der Waals surface area contributed by atoms with Crippen LogP contribution in [-0.2, 0) is 4.74 Å². The van der Waals surface area contributed by atoms with Crippen LogP contribution < -0.4 is 10.6 Å². The summed E-state index contributed by atoms with van der Waals surface area (Å²) in [6, 6.07) is 0. The quantitative estimate of drug-likeness (QED) is 0.403. The summed E-state index contributed by atoms with van der Waals surface area (Å²) in [5, 5.41) is 6.80. The molecule has 0 aromatic carbocycles. The van der Waals surface area contributed by atoms with Crippen LogP contribution in [0.1, 0.15) is 39.5 Å². The van der Waals surface area contributed by atoms with Gasteiger partial charge >= 0.3 is 0 Å². The van der Waals surface area contributed by atoms with Crippen molar-refractivity contribution >= 4 is 29.9 Å². The average molecular weight is 424 g/mol. The van der Waals surface area contributed by atoms with Gasteiger partial charge in [-0.05, 0) is 51.6 Å². The maximum atomic E-state index is 5.79. The highest BCUT2D eigenvalue weighted by atomic mass is 127. The molecule has 0 aromatic rings. The fourth-order valence-electron chi connectivity index (χ4n) is 3.09. The molecule has 22 heavy (non-hydrogen) atoms. The van der Waals surface area contributed by atoms with Crippen LogP contribution >= 0.6 is 24.0 Å². The Morgan fingerprint density at radius 3 is 2.64 bits per heavy atom. The van der Waals surface area contributed by atoms with Gasteiger partial charge in [0.15, 0.2) is 5.96 Å². The number of guanidine groups is 1. The van der Waals surface area contributed by atoms with Gasteiger partial charge < -0.3 is 20.3 Å². The second kappa shape index (κ2) is 9.93. The van der Waals surface area contributed by atoms with Crippen LogP contribution in [0.3, 0.4) is 0 Å². The first kappa shape index (κ1) is 20.0. The lowest BCUT2D eigenvalue weighted by molar-refractivity contribution is 0.0243. The van der Waals surface area contributed by atoms with E-state index in [4.69, 9.17) is 4.74 Å². The molecule has 2 aliphatic heterocycles. The molecule has 0 aliphatic carbocycles. The van der Waals surface area contributed by atoms with Gasteiger partial charge in [0, 0.05) is 33.3 Å². The highest BCUT2D eigenvalue weighted by Gasteiger charge is 2.29. The van der Waals surface area contributed by atoms with Crippen LogP contribution in [0.2, 0.25) is 0 Å². The molecule has 0 aromatic heterocycles. The van der Waals surface area contributed by atoms with Gasteiger partial charge in [0.2, 0.25) is 0 Å². The molecule has 5 nitrogen and oxygen atoms in total. The lowest BCUT2D eigenvalue weighted by Gasteiger charge is -2.30. The van der Waals surface area contributed by atoms with E-state index < -0.39 is 0 Å². The zero-order valence-electron chi connectivity index (χ0n) is 14.4. The Kier molecular flexibility index (Phi) is 9.01. The Hall–Kier alpha value is -0.0800. The Morgan fingerprint density at radius 2 is 2.05 bits per heavy atom. The standard InChI is InChI=1S/C16H32N4O.HI/c1-14-5-9-20(10-6-14)11-8-18-15(17-3)19-13-16(2)7-4-12-21-16;/h14H,4-13H2,1-3H3,(H2,17,18,19);1H. The zero-order chi connectivity index (χ0) is 15.1. The third kappa shape index (κ3) is 6.58. The second-order valence-electron chi connectivity index (χ2n) is 6.78. The lowest BCUT2D eigenvalue weighted by atomic mass is 9.99. The number of rotatable bonds is 5. The summed E-state index contributed by atoms with van der Waals surface area (Å²) in [5.41, 5.74) is -0.0272. The van der Waals surface area contributed by atoms with E-state index in [1.54, 1.807) is 0 Å². The summed E-state index contributed by atoms with van der Waals surface area (Å²) in [4.78, 5) is 6.84. The molecular weight excluding hydrogens is 391 g/mol. The van der Waals surface area contributed by atoms with Crippen LogP contribution in [0, 0.1) is 5.92 Å². The van der Waals surface area contributed by atoms with Gasteiger partial charge in [-0.1, -0.05) is 6.92 Å². The van der Waals surface area contributed by atoms with Gasteiger partial charge in [-0.15, -0.1) is 24.0 Å². The first-order valence-electron chi connectivity index (χ1n) is 8.42. The number of nitrogens with one attached hydrogen (secondary N) is 2. The number of aliphatic imine (C=N–C) groups is 1. The molecule has 2 aliphatic rings. The molecule has 0 saturated carbocycles. The van der Waals surface area contributed by atoms with Gasteiger partial charge in [0.1, 0.15) is 0 Å². The number of likely N-dealkylation sites (tertiary alicyclic amines) is 1. The third-order valence-corrected chi connectivity index (χ3v) is 4.75. The van der Waals surface area contributed by atoms with E-state index >= 15 is 0 Å². The zero-order valence-corrected chi connectivity index (χ0v) is 16.7. The number of halogens is 1. The maximum Gasteiger partial charge on any atom is 0.191 e. The van der Waals surface area contributed by atoms with Gasteiger partial charge in [-0.25, -0.2) is 0 Å². The molecule has 1 atom stereocenters. The summed E-state index contributed by atoms with van der Waals surface area (Å²) in [6.07, 6.45) is 4.96. The molecule has 2 N–H and O–H groups in total. The van der Waals surface area contributed by atoms with Crippen molar-refractivity contribution in [1.29, 1.82) is 0 Å². The van der Waals surface area contributed by atoms with Gasteiger partial charge in [0.05, 0.1) is 5.60 Å². The van der Waals surface area contributed by atoms with Crippen LogP contribution in [0.25, 0.3) is 0 Å². The minimum absolute atomic E-state index is 0. The van der Waals surface area contributed by atoms with Crippen molar-refractivity contribution < 1.29 is 4.74 Å². The minimum Gasteiger partial charge on any atom is -0.373 e. The fraction of sp³-hybridized carbons (Fsp3) is 0.938. The van der Waals surface area contributed by atoms with E-state index in [-0.39, 0.29) is 29.6 Å². The summed E-state index contributed by atoms with van der Waals surface area (Å²) >= 11 is 0. The van der Waals surface area contributed by atoms with Crippen molar-refractivity contribution in [3.63, 3.8) is 0 Å².